The number of aliphatic hydroxyl groups is 1. The maximum Gasteiger partial charge on any atom is 0.0751 e. The minimum Gasteiger partial charge on any atom is -0.516 e. The normalized spacial score (nSPS) is 22.0. The van der Waals surface area contributed by atoms with Crippen molar-refractivity contribution in [1.82, 2.24) is 5.32 Å². The first kappa shape index (κ1) is 7.61. The molecule has 0 bridgehead atoms. The number of hydrogen-bond donors (Lipinski definition) is 2. The Kier molecular flexibility index (Phi) is 3.30. The van der Waals surface area contributed by atoms with Crippen LogP contribution in [0.3, 0.4) is 0 Å². The number of allylic oxidation sites excluding steroid dienone is 1. The zero-order valence-corrected chi connectivity index (χ0v) is 6.21. The summed E-state index contributed by atoms with van der Waals surface area (Å²) in [5, 5.41) is 11.7. The van der Waals surface area contributed by atoms with Gasteiger partial charge in [-0.2, -0.15) is 0 Å². The zero-order valence-electron chi connectivity index (χ0n) is 6.21. The summed E-state index contributed by atoms with van der Waals surface area (Å²) in [6.07, 6.45) is 6.55. The molecular formula is C8H15NO. The van der Waals surface area contributed by atoms with Gasteiger partial charge in [0.15, 0.2) is 0 Å². The summed E-state index contributed by atoms with van der Waals surface area (Å²) < 4.78 is 0. The van der Waals surface area contributed by atoms with Crippen molar-refractivity contribution < 1.29 is 5.11 Å². The van der Waals surface area contributed by atoms with Gasteiger partial charge in [0.1, 0.15) is 0 Å². The van der Waals surface area contributed by atoms with Crippen LogP contribution in [0.25, 0.3) is 0 Å². The van der Waals surface area contributed by atoms with Gasteiger partial charge in [-0.05, 0) is 44.3 Å². The maximum absolute atomic E-state index is 8.40. The van der Waals surface area contributed by atoms with Crippen molar-refractivity contribution >= 4 is 0 Å². The molecule has 0 aromatic rings. The molecule has 0 spiro atoms. The highest BCUT2D eigenvalue weighted by Crippen LogP contribution is 2.15. The van der Waals surface area contributed by atoms with E-state index in [1.165, 1.54) is 12.8 Å². The molecule has 1 aliphatic heterocycles. The molecule has 1 rings (SSSR count). The lowest BCUT2D eigenvalue weighted by molar-refractivity contribution is 0.373. The highest BCUT2D eigenvalue weighted by Gasteiger charge is 2.10. The lowest BCUT2D eigenvalue weighted by Gasteiger charge is -2.20. The maximum atomic E-state index is 8.40. The van der Waals surface area contributed by atoms with E-state index < -0.39 is 0 Å². The Balaban J connectivity index is 2.13. The molecule has 1 saturated heterocycles. The largest absolute Gasteiger partial charge is 0.516 e. The van der Waals surface area contributed by atoms with Crippen LogP contribution in [0.2, 0.25) is 0 Å². The predicted molar refractivity (Wildman–Crippen MR) is 42.0 cm³/mol. The number of piperidine rings is 1. The van der Waals surface area contributed by atoms with Gasteiger partial charge in [-0.25, -0.2) is 0 Å². The van der Waals surface area contributed by atoms with E-state index in [1.807, 2.05) is 6.08 Å². The van der Waals surface area contributed by atoms with Crippen molar-refractivity contribution in [2.45, 2.75) is 19.3 Å². The summed E-state index contributed by atoms with van der Waals surface area (Å²) in [6, 6.07) is 0. The van der Waals surface area contributed by atoms with Crippen LogP contribution in [-0.4, -0.2) is 18.2 Å². The monoisotopic (exact) mass is 141 g/mol. The molecule has 2 heteroatoms. The van der Waals surface area contributed by atoms with E-state index in [0.717, 1.165) is 31.7 Å². The summed E-state index contributed by atoms with van der Waals surface area (Å²) >= 11 is 0. The third kappa shape index (κ3) is 2.40. The molecule has 0 radical (unpaired) electrons. The first-order valence-electron chi connectivity index (χ1n) is 3.93. The molecule has 1 aliphatic rings. The highest BCUT2D eigenvalue weighted by molar-refractivity contribution is 4.79. The van der Waals surface area contributed by atoms with E-state index in [0.29, 0.717) is 0 Å². The summed E-state index contributed by atoms with van der Waals surface area (Å²) in [6.45, 7) is 2.29. The molecule has 0 unspecified atom stereocenters. The molecule has 2 nitrogen and oxygen atoms in total. The van der Waals surface area contributed by atoms with Crippen molar-refractivity contribution in [2.75, 3.05) is 13.1 Å². The van der Waals surface area contributed by atoms with Gasteiger partial charge < -0.3 is 10.4 Å². The Hall–Kier alpha value is -0.500. The molecule has 0 amide bonds. The second-order valence-corrected chi connectivity index (χ2v) is 2.81. The van der Waals surface area contributed by atoms with Crippen LogP contribution in [-0.2, 0) is 0 Å². The lowest BCUT2D eigenvalue weighted by atomic mass is 9.95. The topological polar surface area (TPSA) is 32.3 Å². The number of rotatable bonds is 2. The summed E-state index contributed by atoms with van der Waals surface area (Å²) in [4.78, 5) is 0. The first-order valence-corrected chi connectivity index (χ1v) is 3.93. The Labute approximate surface area is 61.9 Å². The predicted octanol–water partition coefficient (Wildman–Crippen LogP) is 1.45. The van der Waals surface area contributed by atoms with Crippen LogP contribution in [0, 0.1) is 5.92 Å². The van der Waals surface area contributed by atoms with Gasteiger partial charge >= 0.3 is 0 Å². The molecule has 0 aromatic carbocycles. The summed E-state index contributed by atoms with van der Waals surface area (Å²) in [5.41, 5.74) is 0. The molecule has 0 saturated carbocycles. The Morgan fingerprint density at radius 3 is 2.70 bits per heavy atom. The molecule has 2 N–H and O–H groups in total. The Bertz CT molecular complexity index is 106. The number of hydrogen-bond acceptors (Lipinski definition) is 2. The second kappa shape index (κ2) is 4.34. The fourth-order valence-corrected chi connectivity index (χ4v) is 1.37. The molecular weight excluding hydrogens is 126 g/mol. The Morgan fingerprint density at radius 1 is 1.40 bits per heavy atom. The standard InChI is InChI=1S/C8H15NO/c10-7-1-2-8-3-5-9-6-4-8/h1,7-10H,2-6H2/b7-1+. The quantitative estimate of drug-likeness (QED) is 0.570. The Morgan fingerprint density at radius 2 is 2.10 bits per heavy atom. The SMILES string of the molecule is O/C=C/CC1CCNCC1. The smallest absolute Gasteiger partial charge is 0.0751 e. The molecule has 10 heavy (non-hydrogen) atoms. The van der Waals surface area contributed by atoms with Gasteiger partial charge in [0.25, 0.3) is 0 Å². The second-order valence-electron chi connectivity index (χ2n) is 2.81. The van der Waals surface area contributed by atoms with E-state index in [2.05, 4.69) is 5.32 Å². The van der Waals surface area contributed by atoms with Crippen LogP contribution in [0.15, 0.2) is 12.3 Å². The summed E-state index contributed by atoms with van der Waals surface area (Å²) in [7, 11) is 0. The van der Waals surface area contributed by atoms with Gasteiger partial charge in [0.05, 0.1) is 6.26 Å². The van der Waals surface area contributed by atoms with Crippen LogP contribution in [0.1, 0.15) is 19.3 Å². The van der Waals surface area contributed by atoms with E-state index in [9.17, 15) is 0 Å². The molecule has 58 valence electrons. The minimum absolute atomic E-state index is 0.796. The van der Waals surface area contributed by atoms with E-state index >= 15 is 0 Å². The third-order valence-electron chi connectivity index (χ3n) is 2.03. The molecule has 0 aliphatic carbocycles. The molecule has 1 heterocycles. The van der Waals surface area contributed by atoms with Crippen LogP contribution in [0.5, 0.6) is 0 Å². The van der Waals surface area contributed by atoms with Crippen LogP contribution >= 0.6 is 0 Å². The fraction of sp³-hybridized carbons (Fsp3) is 0.750. The van der Waals surface area contributed by atoms with E-state index in [1.54, 1.807) is 0 Å². The van der Waals surface area contributed by atoms with Gasteiger partial charge in [0, 0.05) is 0 Å². The van der Waals surface area contributed by atoms with Gasteiger partial charge in [-0.3, -0.25) is 0 Å². The van der Waals surface area contributed by atoms with Crippen molar-refractivity contribution in [3.05, 3.63) is 12.3 Å². The summed E-state index contributed by atoms with van der Waals surface area (Å²) in [5.74, 6) is 0.796. The van der Waals surface area contributed by atoms with Crippen LogP contribution in [0.4, 0.5) is 0 Å². The van der Waals surface area contributed by atoms with Crippen LogP contribution < -0.4 is 5.32 Å². The third-order valence-corrected chi connectivity index (χ3v) is 2.03. The van der Waals surface area contributed by atoms with Crippen molar-refractivity contribution in [1.29, 1.82) is 0 Å². The molecule has 0 atom stereocenters. The van der Waals surface area contributed by atoms with Gasteiger partial charge in [0.2, 0.25) is 0 Å². The van der Waals surface area contributed by atoms with E-state index in [-0.39, 0.29) is 0 Å². The average molecular weight is 141 g/mol. The first-order chi connectivity index (χ1) is 4.93. The van der Waals surface area contributed by atoms with E-state index in [4.69, 9.17) is 5.11 Å². The molecule has 0 aromatic heterocycles. The van der Waals surface area contributed by atoms with Crippen molar-refractivity contribution in [2.24, 2.45) is 5.92 Å². The zero-order chi connectivity index (χ0) is 7.23. The lowest BCUT2D eigenvalue weighted by Crippen LogP contribution is -2.27. The molecule has 1 fully saturated rings. The number of nitrogens with one attached hydrogen (secondary N) is 1. The van der Waals surface area contributed by atoms with Gasteiger partial charge in [-0.15, -0.1) is 0 Å². The van der Waals surface area contributed by atoms with Crippen molar-refractivity contribution in [3.63, 3.8) is 0 Å². The fourth-order valence-electron chi connectivity index (χ4n) is 1.37. The average Bonchev–Trinajstić information content (AvgIpc) is 2.03. The minimum atomic E-state index is 0.796. The van der Waals surface area contributed by atoms with Gasteiger partial charge in [-0.1, -0.05) is 0 Å². The highest BCUT2D eigenvalue weighted by atomic mass is 16.2. The van der Waals surface area contributed by atoms with Crippen molar-refractivity contribution in [3.8, 4) is 0 Å². The number of aliphatic hydroxyl groups excluding tert-OH is 1.